The molecule has 1 aromatic carbocycles. The van der Waals surface area contributed by atoms with Crippen LogP contribution in [0.4, 0.5) is 0 Å². The minimum absolute atomic E-state index is 0.323. The number of hydrogen-bond donors (Lipinski definition) is 1. The van der Waals surface area contributed by atoms with Crippen molar-refractivity contribution < 1.29 is 19.4 Å². The van der Waals surface area contributed by atoms with Crippen LogP contribution in [-0.4, -0.2) is 23.7 Å². The lowest BCUT2D eigenvalue weighted by Gasteiger charge is -2.04. The first-order chi connectivity index (χ1) is 16.6. The van der Waals surface area contributed by atoms with E-state index in [1.807, 2.05) is 12.1 Å². The van der Waals surface area contributed by atoms with Gasteiger partial charge in [0.05, 0.1) is 6.61 Å². The Morgan fingerprint density at radius 2 is 1.03 bits per heavy atom. The van der Waals surface area contributed by atoms with Crippen LogP contribution in [0.3, 0.4) is 0 Å². The third-order valence-corrected chi connectivity index (χ3v) is 6.01. The predicted molar refractivity (Wildman–Crippen MR) is 143 cm³/mol. The van der Waals surface area contributed by atoms with Crippen molar-refractivity contribution in [2.45, 2.75) is 110 Å². The van der Waals surface area contributed by atoms with E-state index in [2.05, 4.69) is 6.92 Å². The second-order valence-corrected chi connectivity index (χ2v) is 9.14. The molecule has 1 rings (SSSR count). The largest absolute Gasteiger partial charge is 0.478 e. The average Bonchev–Trinajstić information content (AvgIpc) is 2.84. The van der Waals surface area contributed by atoms with Crippen molar-refractivity contribution in [1.82, 2.24) is 0 Å². The van der Waals surface area contributed by atoms with Gasteiger partial charge in [0.25, 0.3) is 0 Å². The van der Waals surface area contributed by atoms with E-state index in [4.69, 9.17) is 9.84 Å². The Hall–Kier alpha value is -2.36. The number of esters is 1. The van der Waals surface area contributed by atoms with Gasteiger partial charge in [-0.2, -0.15) is 0 Å². The van der Waals surface area contributed by atoms with E-state index in [0.29, 0.717) is 6.61 Å². The van der Waals surface area contributed by atoms with E-state index in [0.717, 1.165) is 30.0 Å². The van der Waals surface area contributed by atoms with E-state index in [9.17, 15) is 9.59 Å². The van der Waals surface area contributed by atoms with Crippen molar-refractivity contribution in [3.05, 3.63) is 47.5 Å². The fourth-order valence-electron chi connectivity index (χ4n) is 3.92. The summed E-state index contributed by atoms with van der Waals surface area (Å²) in [5, 5.41) is 8.64. The van der Waals surface area contributed by atoms with Crippen LogP contribution in [0, 0.1) is 0 Å². The van der Waals surface area contributed by atoms with Crippen molar-refractivity contribution in [1.29, 1.82) is 0 Å². The van der Waals surface area contributed by atoms with Gasteiger partial charge >= 0.3 is 11.9 Å². The fourth-order valence-corrected chi connectivity index (χ4v) is 3.92. The van der Waals surface area contributed by atoms with Gasteiger partial charge in [-0.25, -0.2) is 9.59 Å². The lowest BCUT2D eigenvalue weighted by atomic mass is 10.0. The Balaban J connectivity index is 1.92. The molecule has 0 spiro atoms. The summed E-state index contributed by atoms with van der Waals surface area (Å²) in [5.41, 5.74) is 1.66. The molecule has 190 valence electrons. The van der Waals surface area contributed by atoms with Gasteiger partial charge in [-0.15, -0.1) is 0 Å². The molecule has 0 saturated carbocycles. The molecule has 0 radical (unpaired) electrons. The molecule has 0 heterocycles. The van der Waals surface area contributed by atoms with E-state index >= 15 is 0 Å². The van der Waals surface area contributed by atoms with Crippen molar-refractivity contribution in [3.8, 4) is 0 Å². The topological polar surface area (TPSA) is 63.6 Å². The molecule has 0 aliphatic heterocycles. The zero-order valence-electron chi connectivity index (χ0n) is 21.3. The number of carboxylic acid groups (broad SMARTS) is 1. The Kier molecular flexibility index (Phi) is 18.5. The van der Waals surface area contributed by atoms with Gasteiger partial charge < -0.3 is 9.84 Å². The molecule has 0 aliphatic rings. The molecule has 0 bridgehead atoms. The number of hydrogen-bond acceptors (Lipinski definition) is 3. The second kappa shape index (κ2) is 21.2. The predicted octanol–water partition coefficient (Wildman–Crippen LogP) is 8.60. The Labute approximate surface area is 207 Å². The third kappa shape index (κ3) is 18.1. The fraction of sp³-hybridized carbons (Fsp3) is 0.600. The van der Waals surface area contributed by atoms with Gasteiger partial charge in [0.1, 0.15) is 0 Å². The highest BCUT2D eigenvalue weighted by atomic mass is 16.5. The van der Waals surface area contributed by atoms with Gasteiger partial charge in [0.2, 0.25) is 0 Å². The van der Waals surface area contributed by atoms with Gasteiger partial charge in [-0.05, 0) is 29.7 Å². The van der Waals surface area contributed by atoms with Crippen LogP contribution in [-0.2, 0) is 14.3 Å². The lowest BCUT2D eigenvalue weighted by molar-refractivity contribution is -0.137. The van der Waals surface area contributed by atoms with E-state index < -0.39 is 5.97 Å². The molecule has 0 aliphatic carbocycles. The highest BCUT2D eigenvalue weighted by molar-refractivity contribution is 5.87. The van der Waals surface area contributed by atoms with Crippen LogP contribution in [0.5, 0.6) is 0 Å². The molecule has 4 heteroatoms. The van der Waals surface area contributed by atoms with Crippen molar-refractivity contribution in [2.24, 2.45) is 0 Å². The van der Waals surface area contributed by atoms with Gasteiger partial charge in [0.15, 0.2) is 0 Å². The third-order valence-electron chi connectivity index (χ3n) is 6.01. The number of rotatable bonds is 21. The van der Waals surface area contributed by atoms with E-state index in [-0.39, 0.29) is 5.97 Å². The normalized spacial score (nSPS) is 11.4. The number of carboxylic acids is 1. The van der Waals surface area contributed by atoms with Crippen molar-refractivity contribution in [2.75, 3.05) is 6.61 Å². The summed E-state index contributed by atoms with van der Waals surface area (Å²) in [6.45, 7) is 2.75. The minimum Gasteiger partial charge on any atom is -0.478 e. The minimum atomic E-state index is -0.976. The molecule has 0 atom stereocenters. The molecule has 4 nitrogen and oxygen atoms in total. The standard InChI is InChI=1S/C30H46O4/c1-2-3-4-5-6-7-8-9-10-11-12-13-14-15-16-17-26-34-30(33)25-23-28-20-18-27(19-21-28)22-24-29(31)32/h18-25H,2-17,26H2,1H3,(H,31,32)/b24-22+,25-23+. The summed E-state index contributed by atoms with van der Waals surface area (Å²) >= 11 is 0. The summed E-state index contributed by atoms with van der Waals surface area (Å²) in [7, 11) is 0. The first-order valence-corrected chi connectivity index (χ1v) is 13.5. The van der Waals surface area contributed by atoms with Crippen molar-refractivity contribution in [3.63, 3.8) is 0 Å². The average molecular weight is 471 g/mol. The molecule has 0 saturated heterocycles. The number of unbranched alkanes of at least 4 members (excludes halogenated alkanes) is 15. The van der Waals surface area contributed by atoms with E-state index in [1.165, 1.54) is 102 Å². The molecular weight excluding hydrogens is 424 g/mol. The maximum Gasteiger partial charge on any atom is 0.330 e. The van der Waals surface area contributed by atoms with Gasteiger partial charge in [-0.1, -0.05) is 128 Å². The molecule has 0 fully saturated rings. The van der Waals surface area contributed by atoms with Crippen LogP contribution < -0.4 is 0 Å². The first kappa shape index (κ1) is 29.7. The summed E-state index contributed by atoms with van der Waals surface area (Å²) in [6, 6.07) is 7.28. The van der Waals surface area contributed by atoms with E-state index in [1.54, 1.807) is 18.2 Å². The van der Waals surface area contributed by atoms with Crippen molar-refractivity contribution >= 4 is 24.1 Å². The van der Waals surface area contributed by atoms with Crippen LogP contribution in [0.15, 0.2) is 36.4 Å². The quantitative estimate of drug-likeness (QED) is 0.111. The molecule has 1 aromatic rings. The summed E-state index contributed by atoms with van der Waals surface area (Å²) in [6.07, 6.45) is 27.0. The van der Waals surface area contributed by atoms with Crippen LogP contribution in [0.1, 0.15) is 121 Å². The molecule has 1 N–H and O–H groups in total. The number of ether oxygens (including phenoxy) is 1. The maximum absolute atomic E-state index is 11.8. The van der Waals surface area contributed by atoms with Gasteiger partial charge in [-0.3, -0.25) is 0 Å². The smallest absolute Gasteiger partial charge is 0.330 e. The van der Waals surface area contributed by atoms with Crippen LogP contribution in [0.25, 0.3) is 12.2 Å². The summed E-state index contributed by atoms with van der Waals surface area (Å²) < 4.78 is 5.27. The van der Waals surface area contributed by atoms with Crippen LogP contribution in [0.2, 0.25) is 0 Å². The zero-order valence-corrected chi connectivity index (χ0v) is 21.3. The number of carbonyl (C=O) groups excluding carboxylic acids is 1. The second-order valence-electron chi connectivity index (χ2n) is 9.14. The number of benzene rings is 1. The number of carbonyl (C=O) groups is 2. The van der Waals surface area contributed by atoms with Gasteiger partial charge in [0, 0.05) is 12.2 Å². The molecule has 0 aromatic heterocycles. The van der Waals surface area contributed by atoms with Crippen LogP contribution >= 0.6 is 0 Å². The highest BCUT2D eigenvalue weighted by Crippen LogP contribution is 2.14. The Morgan fingerprint density at radius 1 is 0.647 bits per heavy atom. The molecule has 34 heavy (non-hydrogen) atoms. The lowest BCUT2D eigenvalue weighted by Crippen LogP contribution is -2.02. The first-order valence-electron chi connectivity index (χ1n) is 13.5. The molecule has 0 unspecified atom stereocenters. The summed E-state index contributed by atoms with van der Waals surface area (Å²) in [5.74, 6) is -1.30. The monoisotopic (exact) mass is 470 g/mol. The maximum atomic E-state index is 11.8. The zero-order chi connectivity index (χ0) is 24.7. The Morgan fingerprint density at radius 3 is 1.44 bits per heavy atom. The molecule has 0 amide bonds. The Bertz CT molecular complexity index is 703. The summed E-state index contributed by atoms with van der Waals surface area (Å²) in [4.78, 5) is 22.4. The highest BCUT2D eigenvalue weighted by Gasteiger charge is 1.99. The SMILES string of the molecule is CCCCCCCCCCCCCCCCCCOC(=O)/C=C/c1ccc(/C=C/C(=O)O)cc1. The number of aliphatic carboxylic acids is 1. The molecular formula is C30H46O4.